The van der Waals surface area contributed by atoms with E-state index in [0.717, 1.165) is 25.1 Å². The number of carbonyl (C=O) groups is 1. The molecule has 1 aliphatic rings. The molecular weight excluding hydrogens is 371 g/mol. The average Bonchev–Trinajstić information content (AvgIpc) is 3.02. The fourth-order valence-electron chi connectivity index (χ4n) is 3.04. The van der Waals surface area contributed by atoms with Gasteiger partial charge in [-0.3, -0.25) is 4.79 Å². The lowest BCUT2D eigenvalue weighted by Gasteiger charge is -2.22. The Labute approximate surface area is 150 Å². The molecule has 1 amide bonds. The van der Waals surface area contributed by atoms with Crippen LogP contribution in [0.3, 0.4) is 0 Å². The Morgan fingerprint density at radius 2 is 2.00 bits per heavy atom. The molecule has 0 bridgehead atoms. The lowest BCUT2D eigenvalue weighted by atomic mass is 10.1. The number of rotatable bonds is 6. The van der Waals surface area contributed by atoms with Crippen molar-refractivity contribution >= 4 is 15.9 Å². The number of halogens is 3. The molecule has 0 saturated carbocycles. The van der Waals surface area contributed by atoms with Gasteiger partial charge in [0.15, 0.2) is 0 Å². The Bertz CT molecular complexity index is 753. The van der Waals surface area contributed by atoms with Gasteiger partial charge < -0.3 is 10.2 Å². The topological polar surface area (TPSA) is 78.5 Å². The van der Waals surface area contributed by atoms with Crippen LogP contribution in [0.2, 0.25) is 0 Å². The minimum Gasteiger partial charge on any atom is -0.341 e. The summed E-state index contributed by atoms with van der Waals surface area (Å²) >= 11 is 0. The van der Waals surface area contributed by atoms with Gasteiger partial charge in [0.05, 0.1) is 16.5 Å². The minimum absolute atomic E-state index is 0.277. The SMILES string of the molecule is CNCC1CCN(C(=O)C(C)NS(=O)(=O)c2ccccc2C(F)(F)F)C1. The third-order valence-corrected chi connectivity index (χ3v) is 5.87. The number of amides is 1. The Morgan fingerprint density at radius 3 is 2.62 bits per heavy atom. The van der Waals surface area contributed by atoms with Crippen molar-refractivity contribution in [3.8, 4) is 0 Å². The predicted octanol–water partition coefficient (Wildman–Crippen LogP) is 1.44. The maximum Gasteiger partial charge on any atom is 0.417 e. The molecule has 1 saturated heterocycles. The molecule has 6 nitrogen and oxygen atoms in total. The smallest absolute Gasteiger partial charge is 0.341 e. The second kappa shape index (κ2) is 7.93. The van der Waals surface area contributed by atoms with E-state index in [1.54, 1.807) is 7.05 Å². The molecule has 1 fully saturated rings. The standard InChI is InChI=1S/C16H22F3N3O3S/c1-11(15(23)22-8-7-12(10-22)9-20-2)21-26(24,25)14-6-4-3-5-13(14)16(17,18)19/h3-6,11-12,20-21H,7-10H2,1-2H3. The van der Waals surface area contributed by atoms with Gasteiger partial charge in [0.1, 0.15) is 0 Å². The summed E-state index contributed by atoms with van der Waals surface area (Å²) in [7, 11) is -2.70. The number of benzene rings is 1. The van der Waals surface area contributed by atoms with Crippen LogP contribution in [0.25, 0.3) is 0 Å². The highest BCUT2D eigenvalue weighted by atomic mass is 32.2. The molecular formula is C16H22F3N3O3S. The normalized spacial score (nSPS) is 19.6. The van der Waals surface area contributed by atoms with Gasteiger partial charge in [-0.05, 0) is 45.0 Å². The molecule has 2 rings (SSSR count). The van der Waals surface area contributed by atoms with E-state index < -0.39 is 38.6 Å². The lowest BCUT2D eigenvalue weighted by Crippen LogP contribution is -2.46. The van der Waals surface area contributed by atoms with Crippen molar-refractivity contribution in [1.82, 2.24) is 14.9 Å². The number of hydrogen-bond acceptors (Lipinski definition) is 4. The number of alkyl halides is 3. The summed E-state index contributed by atoms with van der Waals surface area (Å²) in [5.74, 6) is -0.171. The van der Waals surface area contributed by atoms with Gasteiger partial charge >= 0.3 is 6.18 Å². The van der Waals surface area contributed by atoms with Crippen LogP contribution in [0.15, 0.2) is 29.2 Å². The molecule has 1 aliphatic heterocycles. The molecule has 1 heterocycles. The molecule has 0 aliphatic carbocycles. The van der Waals surface area contributed by atoms with Crippen molar-refractivity contribution in [2.45, 2.75) is 30.5 Å². The molecule has 10 heteroatoms. The van der Waals surface area contributed by atoms with Gasteiger partial charge in [-0.2, -0.15) is 17.9 Å². The maximum atomic E-state index is 13.1. The van der Waals surface area contributed by atoms with Crippen molar-refractivity contribution in [1.29, 1.82) is 0 Å². The molecule has 2 unspecified atom stereocenters. The summed E-state index contributed by atoms with van der Waals surface area (Å²) in [5.41, 5.74) is -1.26. The first-order valence-electron chi connectivity index (χ1n) is 8.18. The van der Waals surface area contributed by atoms with Gasteiger partial charge in [0.25, 0.3) is 0 Å². The summed E-state index contributed by atoms with van der Waals surface area (Å²) < 4.78 is 66.1. The maximum absolute atomic E-state index is 13.1. The van der Waals surface area contributed by atoms with E-state index >= 15 is 0 Å². The number of nitrogens with one attached hydrogen (secondary N) is 2. The molecule has 146 valence electrons. The van der Waals surface area contributed by atoms with Crippen molar-refractivity contribution in [2.24, 2.45) is 5.92 Å². The molecule has 26 heavy (non-hydrogen) atoms. The molecule has 2 N–H and O–H groups in total. The van der Waals surface area contributed by atoms with E-state index in [1.165, 1.54) is 17.9 Å². The highest BCUT2D eigenvalue weighted by molar-refractivity contribution is 7.89. The number of hydrogen-bond donors (Lipinski definition) is 2. The minimum atomic E-state index is -4.81. The van der Waals surface area contributed by atoms with Crippen LogP contribution < -0.4 is 10.0 Å². The number of sulfonamides is 1. The fourth-order valence-corrected chi connectivity index (χ4v) is 4.47. The van der Waals surface area contributed by atoms with Crippen LogP contribution in [0, 0.1) is 5.92 Å². The molecule has 1 aromatic carbocycles. The molecule has 0 aromatic heterocycles. The molecule has 2 atom stereocenters. The highest BCUT2D eigenvalue weighted by Gasteiger charge is 2.38. The highest BCUT2D eigenvalue weighted by Crippen LogP contribution is 2.34. The van der Waals surface area contributed by atoms with E-state index in [2.05, 4.69) is 10.0 Å². The van der Waals surface area contributed by atoms with Crippen LogP contribution in [0.5, 0.6) is 0 Å². The zero-order chi connectivity index (χ0) is 19.5. The van der Waals surface area contributed by atoms with Crippen molar-refractivity contribution in [3.63, 3.8) is 0 Å². The van der Waals surface area contributed by atoms with Crippen molar-refractivity contribution in [2.75, 3.05) is 26.7 Å². The van der Waals surface area contributed by atoms with Crippen LogP contribution in [-0.2, 0) is 21.0 Å². The summed E-state index contributed by atoms with van der Waals surface area (Å²) in [6, 6.07) is 2.74. The van der Waals surface area contributed by atoms with Crippen LogP contribution >= 0.6 is 0 Å². The average molecular weight is 393 g/mol. The third kappa shape index (κ3) is 4.74. The molecule has 1 aromatic rings. The number of nitrogens with zero attached hydrogens (tertiary/aromatic N) is 1. The Balaban J connectivity index is 2.14. The van der Waals surface area contributed by atoms with E-state index in [4.69, 9.17) is 0 Å². The Kier molecular flexibility index (Phi) is 6.30. The summed E-state index contributed by atoms with van der Waals surface area (Å²) in [6.07, 6.45) is -4.02. The van der Waals surface area contributed by atoms with Crippen LogP contribution in [-0.4, -0.2) is 51.9 Å². The largest absolute Gasteiger partial charge is 0.417 e. The van der Waals surface area contributed by atoms with E-state index in [9.17, 15) is 26.4 Å². The Morgan fingerprint density at radius 1 is 1.35 bits per heavy atom. The first kappa shape index (κ1) is 20.7. The lowest BCUT2D eigenvalue weighted by molar-refractivity contribution is -0.139. The Hall–Kier alpha value is -1.65. The zero-order valence-electron chi connectivity index (χ0n) is 14.5. The van der Waals surface area contributed by atoms with Crippen molar-refractivity contribution in [3.05, 3.63) is 29.8 Å². The predicted molar refractivity (Wildman–Crippen MR) is 89.8 cm³/mol. The van der Waals surface area contributed by atoms with Crippen molar-refractivity contribution < 1.29 is 26.4 Å². The van der Waals surface area contributed by atoms with Gasteiger partial charge in [-0.1, -0.05) is 12.1 Å². The molecule has 0 spiro atoms. The number of likely N-dealkylation sites (tertiary alicyclic amines) is 1. The van der Waals surface area contributed by atoms with Crippen LogP contribution in [0.4, 0.5) is 13.2 Å². The second-order valence-electron chi connectivity index (χ2n) is 6.33. The fraction of sp³-hybridized carbons (Fsp3) is 0.562. The third-order valence-electron chi connectivity index (χ3n) is 4.27. The van der Waals surface area contributed by atoms with Gasteiger partial charge in [0.2, 0.25) is 15.9 Å². The van der Waals surface area contributed by atoms with E-state index in [-0.39, 0.29) is 5.92 Å². The quantitative estimate of drug-likeness (QED) is 0.767. The van der Waals surface area contributed by atoms with Gasteiger partial charge in [0, 0.05) is 13.1 Å². The molecule has 0 radical (unpaired) electrons. The monoisotopic (exact) mass is 393 g/mol. The van der Waals surface area contributed by atoms with Gasteiger partial charge in [-0.25, -0.2) is 8.42 Å². The van der Waals surface area contributed by atoms with Crippen LogP contribution in [0.1, 0.15) is 18.9 Å². The zero-order valence-corrected chi connectivity index (χ0v) is 15.3. The summed E-state index contributed by atoms with van der Waals surface area (Å²) in [4.78, 5) is 13.1. The second-order valence-corrected chi connectivity index (χ2v) is 8.02. The van der Waals surface area contributed by atoms with E-state index in [1.807, 2.05) is 0 Å². The van der Waals surface area contributed by atoms with E-state index in [0.29, 0.717) is 19.2 Å². The van der Waals surface area contributed by atoms with Gasteiger partial charge in [-0.15, -0.1) is 0 Å². The summed E-state index contributed by atoms with van der Waals surface area (Å²) in [5, 5.41) is 3.02. The first-order chi connectivity index (χ1) is 12.1. The number of carbonyl (C=O) groups excluding carboxylic acids is 1. The summed E-state index contributed by atoms with van der Waals surface area (Å²) in [6.45, 7) is 3.06. The first-order valence-corrected chi connectivity index (χ1v) is 9.66.